The molecule has 1 aromatic carbocycles. The molecule has 0 aliphatic rings. The number of unbranched alkanes of at least 4 members (excludes halogenated alkanes) is 6. The summed E-state index contributed by atoms with van der Waals surface area (Å²) in [7, 11) is 1.83. The van der Waals surface area contributed by atoms with E-state index >= 15 is 0 Å². The predicted octanol–water partition coefficient (Wildman–Crippen LogP) is 4.62. The Morgan fingerprint density at radius 2 is 1.55 bits per heavy atom. The fourth-order valence-electron chi connectivity index (χ4n) is 1.92. The van der Waals surface area contributed by atoms with Crippen molar-refractivity contribution in [3.63, 3.8) is 0 Å². The van der Waals surface area contributed by atoms with Gasteiger partial charge in [0.1, 0.15) is 6.61 Å². The van der Waals surface area contributed by atoms with Crippen molar-refractivity contribution in [1.82, 2.24) is 0 Å². The fraction of sp³-hybridized carbons (Fsp3) is 0.529. The number of rotatable bonds is 11. The Labute approximate surface area is 122 Å². The van der Waals surface area contributed by atoms with Crippen molar-refractivity contribution in [3.8, 4) is 0 Å². The molecule has 0 radical (unpaired) electrons. The molecule has 0 saturated heterocycles. The molecule has 0 saturated carbocycles. The van der Waals surface area contributed by atoms with Gasteiger partial charge in [-0.25, -0.2) is 0 Å². The van der Waals surface area contributed by atoms with Crippen LogP contribution in [0.4, 0.5) is 0 Å². The van der Waals surface area contributed by atoms with Crippen LogP contribution in [-0.2, 0) is 11.4 Å². The molecule has 110 valence electrons. The molecule has 1 aromatic rings. The van der Waals surface area contributed by atoms with Gasteiger partial charge < -0.3 is 9.83 Å². The van der Waals surface area contributed by atoms with E-state index in [-0.39, 0.29) is 0 Å². The minimum absolute atomic E-state index is 0.552. The summed E-state index contributed by atoms with van der Waals surface area (Å²) in [5.74, 6) is 0. The minimum atomic E-state index is 0.552. The lowest BCUT2D eigenvalue weighted by Crippen LogP contribution is -1.87. The molecule has 0 aliphatic heterocycles. The largest absolute Gasteiger partial charge is 0.391 e. The first-order valence-corrected chi connectivity index (χ1v) is 7.52. The van der Waals surface area contributed by atoms with E-state index in [2.05, 4.69) is 10.1 Å². The predicted molar refractivity (Wildman–Crippen MR) is 86.5 cm³/mol. The van der Waals surface area contributed by atoms with Crippen LogP contribution in [0, 0.1) is 0 Å². The maximum Gasteiger partial charge on any atom is 0.142 e. The van der Waals surface area contributed by atoms with Gasteiger partial charge in [-0.2, -0.15) is 0 Å². The van der Waals surface area contributed by atoms with Crippen LogP contribution in [0.25, 0.3) is 0 Å². The van der Waals surface area contributed by atoms with E-state index in [4.69, 9.17) is 4.84 Å². The van der Waals surface area contributed by atoms with Crippen LogP contribution in [0.3, 0.4) is 0 Å². The maximum atomic E-state index is 5.25. The number of hydrogen-bond acceptors (Lipinski definition) is 3. The number of hydrogen-bond donors (Lipinski definition) is 0. The van der Waals surface area contributed by atoms with E-state index < -0.39 is 0 Å². The van der Waals surface area contributed by atoms with Crippen molar-refractivity contribution < 1.29 is 4.84 Å². The van der Waals surface area contributed by atoms with Gasteiger partial charge in [-0.3, -0.25) is 0 Å². The Morgan fingerprint density at radius 3 is 2.25 bits per heavy atom. The minimum Gasteiger partial charge on any atom is -0.391 e. The quantitative estimate of drug-likeness (QED) is 0.329. The average molecular weight is 274 g/mol. The first-order chi connectivity index (χ1) is 9.93. The van der Waals surface area contributed by atoms with Crippen molar-refractivity contribution >= 4 is 12.4 Å². The van der Waals surface area contributed by atoms with Crippen LogP contribution in [-0.4, -0.2) is 19.5 Å². The molecule has 1 rings (SSSR count). The monoisotopic (exact) mass is 274 g/mol. The third-order valence-electron chi connectivity index (χ3n) is 3.07. The van der Waals surface area contributed by atoms with Gasteiger partial charge in [0.2, 0.25) is 0 Å². The van der Waals surface area contributed by atoms with Gasteiger partial charge in [0.15, 0.2) is 0 Å². The normalized spacial score (nSPS) is 11.4. The maximum absolute atomic E-state index is 5.25. The first-order valence-electron chi connectivity index (χ1n) is 7.52. The van der Waals surface area contributed by atoms with Crippen molar-refractivity contribution in [3.05, 3.63) is 35.9 Å². The van der Waals surface area contributed by atoms with E-state index in [9.17, 15) is 0 Å². The second kappa shape index (κ2) is 12.4. The van der Waals surface area contributed by atoms with E-state index in [1.807, 2.05) is 49.8 Å². The molecule has 0 unspecified atom stereocenters. The fourth-order valence-corrected chi connectivity index (χ4v) is 1.92. The number of benzene rings is 1. The first kappa shape index (κ1) is 16.4. The summed E-state index contributed by atoms with van der Waals surface area (Å²) in [4.78, 5) is 9.22. The summed E-state index contributed by atoms with van der Waals surface area (Å²) < 4.78 is 0. The van der Waals surface area contributed by atoms with E-state index in [1.54, 1.807) is 0 Å². The lowest BCUT2D eigenvalue weighted by atomic mass is 10.1. The molecule has 0 heterocycles. The van der Waals surface area contributed by atoms with Crippen LogP contribution < -0.4 is 0 Å². The molecular formula is C17H26N2O. The molecule has 0 aliphatic carbocycles. The third-order valence-corrected chi connectivity index (χ3v) is 3.07. The molecule has 0 amide bonds. The molecule has 3 heteroatoms. The van der Waals surface area contributed by atoms with Crippen LogP contribution >= 0.6 is 0 Å². The Balaban J connectivity index is 1.87. The summed E-state index contributed by atoms with van der Waals surface area (Å²) >= 11 is 0. The smallest absolute Gasteiger partial charge is 0.142 e. The zero-order valence-corrected chi connectivity index (χ0v) is 12.5. The molecule has 0 spiro atoms. The molecule has 0 atom stereocenters. The highest BCUT2D eigenvalue weighted by atomic mass is 16.6. The van der Waals surface area contributed by atoms with Gasteiger partial charge in [-0.1, -0.05) is 54.8 Å². The molecular weight excluding hydrogens is 248 g/mol. The Morgan fingerprint density at radius 1 is 0.900 bits per heavy atom. The molecule has 20 heavy (non-hydrogen) atoms. The highest BCUT2D eigenvalue weighted by Crippen LogP contribution is 2.06. The molecule has 0 bridgehead atoms. The highest BCUT2D eigenvalue weighted by molar-refractivity contribution is 5.56. The molecule has 3 nitrogen and oxygen atoms in total. The van der Waals surface area contributed by atoms with Gasteiger partial charge in [0.05, 0.1) is 0 Å². The molecule has 0 fully saturated rings. The molecule has 0 N–H and O–H groups in total. The van der Waals surface area contributed by atoms with Crippen LogP contribution in [0.5, 0.6) is 0 Å². The summed E-state index contributed by atoms with van der Waals surface area (Å²) in [5, 5.41) is 3.98. The number of nitrogens with zero attached hydrogens (tertiary/aromatic N) is 2. The van der Waals surface area contributed by atoms with Crippen LogP contribution in [0.2, 0.25) is 0 Å². The average Bonchev–Trinajstić information content (AvgIpc) is 2.49. The highest BCUT2D eigenvalue weighted by Gasteiger charge is 1.91. The van der Waals surface area contributed by atoms with E-state index in [0.717, 1.165) is 18.4 Å². The zero-order chi connectivity index (χ0) is 14.3. The molecule has 0 aromatic heterocycles. The van der Waals surface area contributed by atoms with E-state index in [0.29, 0.717) is 6.61 Å². The van der Waals surface area contributed by atoms with Crippen molar-refractivity contribution in [1.29, 1.82) is 0 Å². The van der Waals surface area contributed by atoms with Gasteiger partial charge >= 0.3 is 0 Å². The Kier molecular flexibility index (Phi) is 10.2. The number of aliphatic imine (C=N–C) groups is 1. The van der Waals surface area contributed by atoms with Crippen molar-refractivity contribution in [2.24, 2.45) is 10.1 Å². The zero-order valence-electron chi connectivity index (χ0n) is 12.5. The summed E-state index contributed by atoms with van der Waals surface area (Å²) in [6, 6.07) is 10.1. The standard InChI is InChI=1S/C17H26N2O/c1-18-14-10-5-3-2-4-6-11-15-19-20-16-17-12-8-7-9-13-17/h7-9,12-15H,2-6,10-11,16H2,1H3/b18-14?,19-15+. The van der Waals surface area contributed by atoms with E-state index in [1.165, 1.54) is 32.1 Å². The number of oxime groups is 1. The van der Waals surface area contributed by atoms with Crippen molar-refractivity contribution in [2.45, 2.75) is 51.6 Å². The van der Waals surface area contributed by atoms with Crippen molar-refractivity contribution in [2.75, 3.05) is 7.05 Å². The Bertz CT molecular complexity index is 374. The van der Waals surface area contributed by atoms with Gasteiger partial charge in [0.25, 0.3) is 0 Å². The topological polar surface area (TPSA) is 34.0 Å². The van der Waals surface area contributed by atoms with Crippen LogP contribution in [0.1, 0.15) is 50.5 Å². The van der Waals surface area contributed by atoms with Crippen LogP contribution in [0.15, 0.2) is 40.5 Å². The lowest BCUT2D eigenvalue weighted by Gasteiger charge is -1.99. The second-order valence-corrected chi connectivity index (χ2v) is 4.83. The Hall–Kier alpha value is -1.64. The van der Waals surface area contributed by atoms with Gasteiger partial charge in [-0.05, 0) is 37.5 Å². The SMILES string of the molecule is CN=CCCCCCCC/C=N/OCc1ccccc1. The summed E-state index contributed by atoms with van der Waals surface area (Å²) in [5.41, 5.74) is 1.15. The summed E-state index contributed by atoms with van der Waals surface area (Å²) in [6.45, 7) is 0.552. The lowest BCUT2D eigenvalue weighted by molar-refractivity contribution is 0.131. The summed E-state index contributed by atoms with van der Waals surface area (Å²) in [6.07, 6.45) is 12.3. The second-order valence-electron chi connectivity index (χ2n) is 4.83. The van der Waals surface area contributed by atoms with Gasteiger partial charge in [-0.15, -0.1) is 0 Å². The third kappa shape index (κ3) is 9.31. The van der Waals surface area contributed by atoms with Gasteiger partial charge in [0, 0.05) is 13.3 Å².